The highest BCUT2D eigenvalue weighted by atomic mass is 19.4. The van der Waals surface area contributed by atoms with Crippen molar-refractivity contribution in [2.24, 2.45) is 13.0 Å². The highest BCUT2D eigenvalue weighted by Gasteiger charge is 2.36. The van der Waals surface area contributed by atoms with E-state index >= 15 is 0 Å². The van der Waals surface area contributed by atoms with Gasteiger partial charge in [-0.1, -0.05) is 0 Å². The summed E-state index contributed by atoms with van der Waals surface area (Å²) in [6.07, 6.45) is -6.76. The Bertz CT molecular complexity index is 2210. The number of hydrogen-bond donors (Lipinski definition) is 1. The van der Waals surface area contributed by atoms with E-state index < -0.39 is 40.8 Å². The number of carbonyl (C=O) groups excluding carboxylic acids is 1. The zero-order valence-electron chi connectivity index (χ0n) is 29.8. The van der Waals surface area contributed by atoms with Crippen molar-refractivity contribution < 1.29 is 40.3 Å². The summed E-state index contributed by atoms with van der Waals surface area (Å²) in [7, 11) is 1.60. The summed E-state index contributed by atoms with van der Waals surface area (Å²) in [6.45, 7) is 5.63. The first kappa shape index (κ1) is 38.2. The van der Waals surface area contributed by atoms with E-state index in [1.807, 2.05) is 6.07 Å². The van der Waals surface area contributed by atoms with E-state index in [0.29, 0.717) is 18.0 Å². The Morgan fingerprint density at radius 3 is 2.43 bits per heavy atom. The molecule has 1 aliphatic rings. The summed E-state index contributed by atoms with van der Waals surface area (Å²) in [5.41, 5.74) is -3.31. The highest BCUT2D eigenvalue weighted by molar-refractivity contribution is 5.90. The van der Waals surface area contributed by atoms with Crippen LogP contribution in [0.2, 0.25) is 0 Å². The van der Waals surface area contributed by atoms with Crippen LogP contribution in [0.3, 0.4) is 0 Å². The van der Waals surface area contributed by atoms with Gasteiger partial charge in [0.15, 0.2) is 11.4 Å². The Morgan fingerprint density at radius 2 is 1.80 bits per heavy atom. The number of amides is 1. The predicted octanol–water partition coefficient (Wildman–Crippen LogP) is 8.93. The third kappa shape index (κ3) is 8.82. The molecule has 284 valence electrons. The average molecular weight is 755 g/mol. The summed E-state index contributed by atoms with van der Waals surface area (Å²) < 4.78 is 98.7. The van der Waals surface area contributed by atoms with Crippen LogP contribution in [0.5, 0.6) is 0 Å². The molecule has 17 heteroatoms. The van der Waals surface area contributed by atoms with Crippen molar-refractivity contribution >= 4 is 23.0 Å². The number of unbranched alkanes of at least 4 members (excludes halogenated alkanes) is 1. The minimum atomic E-state index is -4.82. The molecule has 1 aliphatic carbocycles. The number of carbonyl (C=O) groups is 1. The Labute approximate surface area is 306 Å². The molecular weight excluding hydrogens is 718 g/mol. The van der Waals surface area contributed by atoms with Gasteiger partial charge in [0.25, 0.3) is 0 Å². The molecule has 0 atom stereocenters. The molecule has 1 amide bonds. The van der Waals surface area contributed by atoms with Crippen molar-refractivity contribution in [1.82, 2.24) is 30.0 Å². The van der Waals surface area contributed by atoms with Crippen LogP contribution in [0.4, 0.5) is 37.0 Å². The number of oxazole rings is 1. The summed E-state index contributed by atoms with van der Waals surface area (Å²) in [4.78, 5) is 23.7. The molecule has 0 saturated heterocycles. The molecule has 1 saturated carbocycles. The molecule has 5 aromatic rings. The first-order valence-electron chi connectivity index (χ1n) is 17.1. The second-order valence-corrected chi connectivity index (χ2v) is 14.1. The number of anilines is 1. The van der Waals surface area contributed by atoms with E-state index in [9.17, 15) is 36.4 Å². The summed E-state index contributed by atoms with van der Waals surface area (Å²) in [5.74, 6) is 0.179. The molecule has 0 spiro atoms. The lowest BCUT2D eigenvalue weighted by Gasteiger charge is -2.27. The van der Waals surface area contributed by atoms with E-state index in [0.717, 1.165) is 35.9 Å². The maximum absolute atomic E-state index is 14.4. The SMILES string of the molecule is Cn1cnnc1-c1ccc(C(F)(F)F)cc1-c1cc(-c2nc3cc(CNCC4CC4)cc(C(F)(F)F)c3o2)nc(N(CCCC#N)C(=O)OC(C)(C)C)c1. The molecule has 6 rings (SSSR count). The predicted molar refractivity (Wildman–Crippen MR) is 186 cm³/mol. The molecule has 54 heavy (non-hydrogen) atoms. The van der Waals surface area contributed by atoms with E-state index in [1.54, 1.807) is 27.8 Å². The standard InChI is InChI=1S/C37H36F6N8O3/c1-35(2,3)54-34(52)51(12-6-5-11-44)30-16-23(26-17-24(36(38,39)40)9-10-25(26)32-49-46-20-50(32)4)15-29(47-30)33-48-28-14-22(19-45-18-21-7-8-21)13-27(31(28)53-33)37(41,42)43/h9-10,13-17,20-21,45H,5-8,12,18-19H2,1-4H3. The molecule has 11 nitrogen and oxygen atoms in total. The number of rotatable bonds is 11. The smallest absolute Gasteiger partial charge is 0.420 e. The van der Waals surface area contributed by atoms with E-state index in [2.05, 4.69) is 25.5 Å². The number of aromatic nitrogens is 5. The molecule has 1 N–H and O–H groups in total. The molecule has 2 aromatic carbocycles. The van der Waals surface area contributed by atoms with Crippen molar-refractivity contribution in [3.63, 3.8) is 0 Å². The van der Waals surface area contributed by atoms with Gasteiger partial charge in [-0.3, -0.25) is 4.90 Å². The maximum atomic E-state index is 14.4. The molecule has 3 heterocycles. The van der Waals surface area contributed by atoms with Gasteiger partial charge in [0, 0.05) is 32.1 Å². The normalized spacial score (nSPS) is 13.6. The quantitative estimate of drug-likeness (QED) is 0.104. The fourth-order valence-corrected chi connectivity index (χ4v) is 5.79. The number of fused-ring (bicyclic) bond motifs is 1. The number of aryl methyl sites for hydroxylation is 1. The second kappa shape index (κ2) is 14.7. The van der Waals surface area contributed by atoms with Crippen molar-refractivity contribution in [2.75, 3.05) is 18.0 Å². The lowest BCUT2D eigenvalue weighted by Crippen LogP contribution is -2.38. The summed E-state index contributed by atoms with van der Waals surface area (Å²) in [5, 5.41) is 20.4. The molecule has 0 aliphatic heterocycles. The number of alkyl halides is 6. The van der Waals surface area contributed by atoms with Crippen molar-refractivity contribution in [3.8, 4) is 40.2 Å². The summed E-state index contributed by atoms with van der Waals surface area (Å²) in [6, 6.07) is 10.1. The van der Waals surface area contributed by atoms with Gasteiger partial charge in [0.1, 0.15) is 34.5 Å². The number of pyridine rings is 1. The fourth-order valence-electron chi connectivity index (χ4n) is 5.79. The molecule has 3 aromatic heterocycles. The topological polar surface area (TPSA) is 135 Å². The van der Waals surface area contributed by atoms with Crippen LogP contribution in [-0.2, 0) is 30.7 Å². The van der Waals surface area contributed by atoms with Gasteiger partial charge >= 0.3 is 18.4 Å². The number of benzene rings is 2. The molecular formula is C37H36F6N8O3. The Balaban J connectivity index is 1.58. The lowest BCUT2D eigenvalue weighted by molar-refractivity contribution is -0.138. The highest BCUT2D eigenvalue weighted by Crippen LogP contribution is 2.41. The third-order valence-electron chi connectivity index (χ3n) is 8.52. The number of nitrogens with zero attached hydrogens (tertiary/aromatic N) is 7. The Morgan fingerprint density at radius 1 is 1.04 bits per heavy atom. The number of ether oxygens (including phenoxy) is 1. The summed E-state index contributed by atoms with van der Waals surface area (Å²) >= 11 is 0. The second-order valence-electron chi connectivity index (χ2n) is 14.1. The Kier molecular flexibility index (Phi) is 10.4. The van der Waals surface area contributed by atoms with Crippen LogP contribution in [-0.4, -0.2) is 49.5 Å². The minimum Gasteiger partial charge on any atom is -0.443 e. The zero-order chi connectivity index (χ0) is 39.0. The molecule has 0 radical (unpaired) electrons. The molecule has 0 unspecified atom stereocenters. The number of halogens is 6. The van der Waals surface area contributed by atoms with E-state index in [-0.39, 0.29) is 71.4 Å². The van der Waals surface area contributed by atoms with Crippen molar-refractivity contribution in [3.05, 3.63) is 65.5 Å². The van der Waals surface area contributed by atoms with Crippen LogP contribution in [0.15, 0.2) is 53.2 Å². The maximum Gasteiger partial charge on any atom is 0.420 e. The first-order valence-corrected chi connectivity index (χ1v) is 17.1. The van der Waals surface area contributed by atoms with Gasteiger partial charge in [0.2, 0.25) is 5.89 Å². The molecule has 0 bridgehead atoms. The van der Waals surface area contributed by atoms with E-state index in [4.69, 9.17) is 9.15 Å². The zero-order valence-corrected chi connectivity index (χ0v) is 29.8. The number of hydrogen-bond acceptors (Lipinski definition) is 9. The number of nitriles is 1. The van der Waals surface area contributed by atoms with Gasteiger partial charge in [-0.15, -0.1) is 10.2 Å². The van der Waals surface area contributed by atoms with Gasteiger partial charge in [-0.2, -0.15) is 31.6 Å². The molecule has 1 fully saturated rings. The largest absolute Gasteiger partial charge is 0.443 e. The van der Waals surface area contributed by atoms with Gasteiger partial charge < -0.3 is 19.0 Å². The number of nitrogens with one attached hydrogen (secondary N) is 1. The average Bonchev–Trinajstić information content (AvgIpc) is 3.65. The van der Waals surface area contributed by atoms with Crippen molar-refractivity contribution in [1.29, 1.82) is 5.26 Å². The van der Waals surface area contributed by atoms with Crippen LogP contribution in [0.25, 0.3) is 45.2 Å². The van der Waals surface area contributed by atoms with Gasteiger partial charge in [-0.05, 0) is 112 Å². The lowest BCUT2D eigenvalue weighted by atomic mass is 9.96. The minimum absolute atomic E-state index is 0.0110. The van der Waals surface area contributed by atoms with Gasteiger partial charge in [-0.25, -0.2) is 14.8 Å². The van der Waals surface area contributed by atoms with Crippen LogP contribution in [0, 0.1) is 17.2 Å². The van der Waals surface area contributed by atoms with Crippen LogP contribution in [0.1, 0.15) is 63.1 Å². The van der Waals surface area contributed by atoms with Gasteiger partial charge in [0.05, 0.1) is 11.6 Å². The fraction of sp³-hybridized carbons (Fsp3) is 0.405. The monoisotopic (exact) mass is 754 g/mol. The van der Waals surface area contributed by atoms with Crippen molar-refractivity contribution in [2.45, 2.75) is 71.0 Å². The van der Waals surface area contributed by atoms with Crippen LogP contribution < -0.4 is 10.2 Å². The van der Waals surface area contributed by atoms with E-state index in [1.165, 1.54) is 35.2 Å². The third-order valence-corrected chi connectivity index (χ3v) is 8.52. The Hall–Kier alpha value is -5.50. The van der Waals surface area contributed by atoms with Crippen LogP contribution >= 0.6 is 0 Å². The first-order chi connectivity index (χ1) is 25.4.